The van der Waals surface area contributed by atoms with Gasteiger partial charge in [-0.25, -0.2) is 4.79 Å². The van der Waals surface area contributed by atoms with E-state index in [-0.39, 0.29) is 43.5 Å². The summed E-state index contributed by atoms with van der Waals surface area (Å²) in [7, 11) is 0. The molecular weight excluding hydrogens is 867 g/mol. The number of fused-ring (bicyclic) bond motifs is 3. The molecule has 3 N–H and O–H groups in total. The highest BCUT2D eigenvalue weighted by molar-refractivity contribution is 6.03. The predicted molar refractivity (Wildman–Crippen MR) is 271 cm³/mol. The number of unbranched alkanes of at least 4 members (excludes halogenated alkanes) is 2. The Morgan fingerprint density at radius 1 is 0.913 bits per heavy atom. The van der Waals surface area contributed by atoms with Crippen LogP contribution in [-0.4, -0.2) is 70.1 Å². The second-order valence-corrected chi connectivity index (χ2v) is 20.6. The predicted octanol–water partition coefficient (Wildman–Crippen LogP) is 11.6. The molecule has 6 atom stereocenters. The first-order valence-electron chi connectivity index (χ1n) is 25.5. The number of allylic oxidation sites excluding steroid dienone is 1. The molecule has 1 aliphatic heterocycles. The fourth-order valence-corrected chi connectivity index (χ4v) is 11.6. The van der Waals surface area contributed by atoms with Crippen LogP contribution in [0.1, 0.15) is 127 Å². The van der Waals surface area contributed by atoms with Crippen LogP contribution in [0.5, 0.6) is 11.5 Å². The number of ether oxygens (including phenoxy) is 3. The summed E-state index contributed by atoms with van der Waals surface area (Å²) in [6.07, 6.45) is 14.2. The standard InChI is InChI=1S/C58H73N3O8/c1-5-34-66-58-52(61(53(64)31-28-40-18-9-10-19-40)39-44-25-17-24-42-22-11-12-26-46(42)44)37-50(60-69-57(2,3)4)48-35-43(23-13-15-32-62)47(27-14-16-33-63)54(55(48)58)49-36-45(29-30-51(49)68-58)67-56(65)59-38-41-20-7-6-8-21-41/h5-8,11-12,17,20-22,24-26,29-30,35-36,40,43,47,52,54-55,62-63H,1,9-10,13-16,18-19,23,27-28,31-34,37-39H2,2-4H3,(H,59,65)/t43-,47+,52-,54+,55+,58+/m0/s1. The quantitative estimate of drug-likeness (QED) is 0.0426. The molecule has 2 saturated carbocycles. The minimum atomic E-state index is -1.42. The van der Waals surface area contributed by atoms with Crippen LogP contribution in [0.25, 0.3) is 10.8 Å². The monoisotopic (exact) mass is 940 g/mol. The van der Waals surface area contributed by atoms with Crippen molar-refractivity contribution in [2.45, 2.75) is 141 Å². The summed E-state index contributed by atoms with van der Waals surface area (Å²) in [6, 6.07) is 29.2. The van der Waals surface area contributed by atoms with Gasteiger partial charge in [0.05, 0.1) is 18.2 Å². The molecule has 0 spiro atoms. The number of nitrogens with one attached hydrogen (secondary N) is 1. The van der Waals surface area contributed by atoms with Gasteiger partial charge in [0.2, 0.25) is 11.7 Å². The smallest absolute Gasteiger partial charge is 0.412 e. The molecular formula is C58H73N3O8. The van der Waals surface area contributed by atoms with Crippen molar-refractivity contribution in [2.24, 2.45) is 28.8 Å². The first-order valence-corrected chi connectivity index (χ1v) is 25.5. The molecule has 11 heteroatoms. The van der Waals surface area contributed by atoms with E-state index in [1.807, 2.05) is 80.3 Å². The van der Waals surface area contributed by atoms with Gasteiger partial charge in [-0.05, 0) is 116 Å². The van der Waals surface area contributed by atoms with Crippen LogP contribution >= 0.6 is 0 Å². The zero-order valence-corrected chi connectivity index (χ0v) is 41.0. The number of amides is 2. The number of carbonyl (C=O) groups excluding carboxylic acids is 2. The summed E-state index contributed by atoms with van der Waals surface area (Å²) in [5.41, 5.74) is 3.95. The molecule has 3 aliphatic carbocycles. The van der Waals surface area contributed by atoms with Gasteiger partial charge < -0.3 is 39.5 Å². The maximum Gasteiger partial charge on any atom is 0.412 e. The van der Waals surface area contributed by atoms with Gasteiger partial charge in [0.25, 0.3) is 0 Å². The second kappa shape index (κ2) is 23.0. The van der Waals surface area contributed by atoms with Gasteiger partial charge in [-0.1, -0.05) is 129 Å². The van der Waals surface area contributed by atoms with Crippen molar-refractivity contribution in [1.82, 2.24) is 10.2 Å². The van der Waals surface area contributed by atoms with Gasteiger partial charge in [0, 0.05) is 50.6 Å². The van der Waals surface area contributed by atoms with Crippen molar-refractivity contribution in [1.29, 1.82) is 0 Å². The first-order chi connectivity index (χ1) is 33.5. The number of aliphatic hydroxyl groups excluding tert-OH is 2. The molecule has 2 amide bonds. The Hall–Kier alpha value is -5.49. The molecule has 69 heavy (non-hydrogen) atoms. The lowest BCUT2D eigenvalue weighted by Gasteiger charge is -2.60. The molecule has 4 aliphatic rings. The molecule has 2 fully saturated rings. The summed E-state index contributed by atoms with van der Waals surface area (Å²) < 4.78 is 20.9. The lowest BCUT2D eigenvalue weighted by atomic mass is 9.55. The maximum atomic E-state index is 15.5. The van der Waals surface area contributed by atoms with E-state index in [2.05, 4.69) is 48.3 Å². The average Bonchev–Trinajstić information content (AvgIpc) is 3.88. The number of nitrogens with zero attached hydrogens (tertiary/aromatic N) is 2. The molecule has 4 aromatic rings. The van der Waals surface area contributed by atoms with Crippen LogP contribution in [0.4, 0.5) is 4.79 Å². The Morgan fingerprint density at radius 2 is 1.65 bits per heavy atom. The largest absolute Gasteiger partial charge is 0.459 e. The molecule has 0 radical (unpaired) electrons. The third-order valence-corrected chi connectivity index (χ3v) is 14.7. The van der Waals surface area contributed by atoms with Gasteiger partial charge in [-0.2, -0.15) is 0 Å². The summed E-state index contributed by atoms with van der Waals surface area (Å²) in [6.45, 7) is 11.0. The third kappa shape index (κ3) is 11.8. The van der Waals surface area contributed by atoms with Gasteiger partial charge in [0.1, 0.15) is 23.1 Å². The number of oxime groups is 1. The molecule has 11 nitrogen and oxygen atoms in total. The van der Waals surface area contributed by atoms with Gasteiger partial charge >= 0.3 is 6.09 Å². The fourth-order valence-electron chi connectivity index (χ4n) is 11.6. The Kier molecular flexibility index (Phi) is 16.6. The topological polar surface area (TPSA) is 139 Å². The number of aliphatic hydroxyl groups is 2. The van der Waals surface area contributed by atoms with Crippen LogP contribution < -0.4 is 14.8 Å². The average molecular weight is 940 g/mol. The van der Waals surface area contributed by atoms with E-state index < -0.39 is 29.4 Å². The van der Waals surface area contributed by atoms with Gasteiger partial charge in [0.15, 0.2) is 0 Å². The van der Waals surface area contributed by atoms with Crippen LogP contribution in [0, 0.1) is 23.7 Å². The van der Waals surface area contributed by atoms with E-state index >= 15 is 4.79 Å². The molecule has 8 rings (SSSR count). The SMILES string of the molecule is C=CCO[C@@]12Oc3ccc(OC(=O)NCc4ccccc4)cc3[C@H]3[C@H](CCCCO)[C@@H](CCCCO)C=C(C(=NOC(C)(C)C)C[C@@H]1N(Cc1cccc4ccccc14)C(=O)CCC1CCCC1)[C@H]32. The van der Waals surface area contributed by atoms with Crippen LogP contribution in [0.2, 0.25) is 0 Å². The van der Waals surface area contributed by atoms with Crippen molar-refractivity contribution in [3.8, 4) is 11.5 Å². The fraction of sp³-hybridized carbons (Fsp3) is 0.500. The number of carbonyl (C=O) groups is 2. The zero-order chi connectivity index (χ0) is 48.4. The van der Waals surface area contributed by atoms with Gasteiger partial charge in [-0.15, -0.1) is 6.58 Å². The maximum absolute atomic E-state index is 15.5. The molecule has 4 aromatic carbocycles. The Bertz CT molecular complexity index is 2430. The van der Waals surface area contributed by atoms with E-state index in [0.717, 1.165) is 83.7 Å². The number of rotatable bonds is 21. The van der Waals surface area contributed by atoms with E-state index in [4.69, 9.17) is 24.2 Å². The Labute approximate surface area is 408 Å². The summed E-state index contributed by atoms with van der Waals surface area (Å²) in [4.78, 5) is 37.3. The lowest BCUT2D eigenvalue weighted by Crippen LogP contribution is -2.70. The molecule has 0 saturated heterocycles. The van der Waals surface area contributed by atoms with Gasteiger partial charge in [-0.3, -0.25) is 4.79 Å². The summed E-state index contributed by atoms with van der Waals surface area (Å²) >= 11 is 0. The minimum absolute atomic E-state index is 0.00799. The molecule has 1 heterocycles. The van der Waals surface area contributed by atoms with Crippen molar-refractivity contribution in [3.63, 3.8) is 0 Å². The third-order valence-electron chi connectivity index (χ3n) is 14.7. The van der Waals surface area contributed by atoms with Crippen molar-refractivity contribution < 1.29 is 38.9 Å². The minimum Gasteiger partial charge on any atom is -0.459 e. The number of hydrogen-bond acceptors (Lipinski definition) is 9. The summed E-state index contributed by atoms with van der Waals surface area (Å²) in [5.74, 6) is -0.621. The normalized spacial score (nSPS) is 23.6. The highest BCUT2D eigenvalue weighted by Gasteiger charge is 2.65. The van der Waals surface area contributed by atoms with Crippen LogP contribution in [0.3, 0.4) is 0 Å². The van der Waals surface area contributed by atoms with E-state index in [1.54, 1.807) is 12.1 Å². The lowest BCUT2D eigenvalue weighted by molar-refractivity contribution is -0.258. The van der Waals surface area contributed by atoms with Crippen molar-refractivity contribution in [3.05, 3.63) is 132 Å². The van der Waals surface area contributed by atoms with E-state index in [1.165, 1.54) is 12.8 Å². The van der Waals surface area contributed by atoms with Crippen molar-refractivity contribution in [2.75, 3.05) is 19.8 Å². The number of hydrogen-bond donors (Lipinski definition) is 3. The summed E-state index contributed by atoms with van der Waals surface area (Å²) in [5, 5.41) is 30.3. The number of benzene rings is 4. The van der Waals surface area contributed by atoms with Crippen LogP contribution in [-0.2, 0) is 27.5 Å². The zero-order valence-electron chi connectivity index (χ0n) is 41.0. The molecule has 0 bridgehead atoms. The van der Waals surface area contributed by atoms with Crippen molar-refractivity contribution >= 4 is 28.5 Å². The molecule has 0 aromatic heterocycles. The highest BCUT2D eigenvalue weighted by atomic mass is 16.7. The Balaban J connectivity index is 1.31. The molecule has 368 valence electrons. The van der Waals surface area contributed by atoms with E-state index in [0.29, 0.717) is 56.2 Å². The first kappa shape index (κ1) is 49.9. The molecule has 0 unspecified atom stereocenters. The van der Waals surface area contributed by atoms with E-state index in [9.17, 15) is 15.0 Å². The highest BCUT2D eigenvalue weighted by Crippen LogP contribution is 2.62. The second-order valence-electron chi connectivity index (χ2n) is 20.6. The Morgan fingerprint density at radius 3 is 2.41 bits per heavy atom. The van der Waals surface area contributed by atoms with Crippen LogP contribution in [0.15, 0.2) is 120 Å².